The minimum Gasteiger partial charge on any atom is -0.497 e. The Kier molecular flexibility index (Phi) is 5.50. The first-order valence-corrected chi connectivity index (χ1v) is 11.0. The van der Waals surface area contributed by atoms with Gasteiger partial charge in [-0.05, 0) is 67.3 Å². The van der Waals surface area contributed by atoms with Gasteiger partial charge < -0.3 is 18.8 Å². The van der Waals surface area contributed by atoms with E-state index in [9.17, 15) is 4.79 Å². The van der Waals surface area contributed by atoms with Crippen LogP contribution in [-0.2, 0) is 6.54 Å². The SMILES string of the molecule is COc1ccc(OC)c(-c2nc3c(C)cccc3cc2CN(C(=O)c2ccco2)C2CC2)c1. The highest BCUT2D eigenvalue weighted by molar-refractivity contribution is 5.92. The predicted octanol–water partition coefficient (Wildman–Crippen LogP) is 5.63. The number of aryl methyl sites for hydroxylation is 1. The van der Waals surface area contributed by atoms with Crippen LogP contribution in [0.15, 0.2) is 65.3 Å². The molecular formula is C27H26N2O4. The number of benzene rings is 2. The summed E-state index contributed by atoms with van der Waals surface area (Å²) in [6.45, 7) is 2.48. The molecule has 2 heterocycles. The summed E-state index contributed by atoms with van der Waals surface area (Å²) < 4.78 is 16.6. The van der Waals surface area contributed by atoms with Crippen LogP contribution in [0.3, 0.4) is 0 Å². The molecule has 0 atom stereocenters. The standard InChI is InChI=1S/C27H26N2O4/c1-17-6-4-7-18-14-19(16-29(20-9-10-20)27(30)24-8-5-13-33-24)26(28-25(17)18)22-15-21(31-2)11-12-23(22)32-3/h4-8,11-15,20H,9-10,16H2,1-3H3. The number of ether oxygens (including phenoxy) is 2. The highest BCUT2D eigenvalue weighted by Gasteiger charge is 2.35. The summed E-state index contributed by atoms with van der Waals surface area (Å²) in [7, 11) is 3.29. The number of hydrogen-bond donors (Lipinski definition) is 0. The van der Waals surface area contributed by atoms with E-state index < -0.39 is 0 Å². The van der Waals surface area contributed by atoms with Crippen molar-refractivity contribution in [2.24, 2.45) is 0 Å². The second kappa shape index (κ2) is 8.62. The lowest BCUT2D eigenvalue weighted by Crippen LogP contribution is -2.32. The van der Waals surface area contributed by atoms with Crippen molar-refractivity contribution in [3.8, 4) is 22.8 Å². The van der Waals surface area contributed by atoms with Crippen LogP contribution in [-0.4, -0.2) is 36.1 Å². The molecule has 33 heavy (non-hydrogen) atoms. The van der Waals surface area contributed by atoms with Crippen LogP contribution in [0, 0.1) is 6.92 Å². The normalized spacial score (nSPS) is 13.2. The number of carbonyl (C=O) groups excluding carboxylic acids is 1. The van der Waals surface area contributed by atoms with Gasteiger partial charge in [0.05, 0.1) is 31.7 Å². The van der Waals surface area contributed by atoms with Gasteiger partial charge in [0.1, 0.15) is 11.5 Å². The van der Waals surface area contributed by atoms with Crippen molar-refractivity contribution in [1.82, 2.24) is 9.88 Å². The third-order valence-electron chi connectivity index (χ3n) is 6.11. The minimum absolute atomic E-state index is 0.101. The maximum atomic E-state index is 13.2. The molecule has 0 spiro atoms. The molecule has 1 fully saturated rings. The number of amides is 1. The van der Waals surface area contributed by atoms with Crippen LogP contribution in [0.25, 0.3) is 22.2 Å². The van der Waals surface area contributed by atoms with Gasteiger partial charge in [0.15, 0.2) is 5.76 Å². The van der Waals surface area contributed by atoms with Crippen molar-refractivity contribution in [3.05, 3.63) is 77.7 Å². The summed E-state index contributed by atoms with van der Waals surface area (Å²) in [5.41, 5.74) is 4.58. The molecule has 0 aliphatic heterocycles. The zero-order chi connectivity index (χ0) is 22.9. The van der Waals surface area contributed by atoms with Crippen molar-refractivity contribution in [1.29, 1.82) is 0 Å². The number of carbonyl (C=O) groups is 1. The molecule has 0 N–H and O–H groups in total. The summed E-state index contributed by atoms with van der Waals surface area (Å²) in [5, 5.41) is 1.04. The van der Waals surface area contributed by atoms with E-state index in [1.54, 1.807) is 26.4 Å². The summed E-state index contributed by atoms with van der Waals surface area (Å²) in [6.07, 6.45) is 3.51. The van der Waals surface area contributed by atoms with E-state index in [0.29, 0.717) is 23.8 Å². The molecule has 2 aromatic carbocycles. The highest BCUT2D eigenvalue weighted by Crippen LogP contribution is 2.38. The number of methoxy groups -OCH3 is 2. The Hall–Kier alpha value is -3.80. The number of furan rings is 1. The molecule has 1 aliphatic rings. The van der Waals surface area contributed by atoms with Crippen LogP contribution in [0.4, 0.5) is 0 Å². The molecule has 0 bridgehead atoms. The van der Waals surface area contributed by atoms with Gasteiger partial charge in [0, 0.05) is 23.5 Å². The number of rotatable bonds is 7. The average molecular weight is 443 g/mol. The van der Waals surface area contributed by atoms with Crippen molar-refractivity contribution in [2.75, 3.05) is 14.2 Å². The maximum Gasteiger partial charge on any atom is 0.290 e. The fourth-order valence-corrected chi connectivity index (χ4v) is 4.22. The fourth-order valence-electron chi connectivity index (χ4n) is 4.22. The van der Waals surface area contributed by atoms with E-state index in [1.165, 1.54) is 6.26 Å². The van der Waals surface area contributed by atoms with Crippen molar-refractivity contribution in [2.45, 2.75) is 32.4 Å². The zero-order valence-electron chi connectivity index (χ0n) is 19.0. The minimum atomic E-state index is -0.101. The van der Waals surface area contributed by atoms with E-state index in [4.69, 9.17) is 18.9 Å². The smallest absolute Gasteiger partial charge is 0.290 e. The molecule has 5 rings (SSSR count). The first kappa shape index (κ1) is 21.1. The molecule has 1 saturated carbocycles. The van der Waals surface area contributed by atoms with Crippen molar-refractivity contribution >= 4 is 16.8 Å². The molecule has 6 nitrogen and oxygen atoms in total. The Morgan fingerprint density at radius 1 is 1.09 bits per heavy atom. The molecule has 6 heteroatoms. The third-order valence-corrected chi connectivity index (χ3v) is 6.11. The highest BCUT2D eigenvalue weighted by atomic mass is 16.5. The lowest BCUT2D eigenvalue weighted by atomic mass is 10.00. The Labute approximate surface area is 192 Å². The van der Waals surface area contributed by atoms with E-state index >= 15 is 0 Å². The van der Waals surface area contributed by atoms with E-state index in [0.717, 1.165) is 46.1 Å². The van der Waals surface area contributed by atoms with E-state index in [-0.39, 0.29) is 11.9 Å². The van der Waals surface area contributed by atoms with E-state index in [2.05, 4.69) is 25.1 Å². The lowest BCUT2D eigenvalue weighted by molar-refractivity contribution is 0.0697. The summed E-state index contributed by atoms with van der Waals surface area (Å²) in [6, 6.07) is 17.6. The van der Waals surface area contributed by atoms with Gasteiger partial charge in [-0.25, -0.2) is 4.98 Å². The number of pyridine rings is 1. The van der Waals surface area contributed by atoms with Crippen LogP contribution in [0.1, 0.15) is 34.5 Å². The predicted molar refractivity (Wildman–Crippen MR) is 127 cm³/mol. The van der Waals surface area contributed by atoms with Crippen LogP contribution >= 0.6 is 0 Å². The third kappa shape index (κ3) is 4.04. The van der Waals surface area contributed by atoms with Gasteiger partial charge in [0.2, 0.25) is 0 Å². The number of fused-ring (bicyclic) bond motifs is 1. The number of nitrogens with zero attached hydrogens (tertiary/aromatic N) is 2. The molecular weight excluding hydrogens is 416 g/mol. The van der Waals surface area contributed by atoms with Gasteiger partial charge in [-0.1, -0.05) is 18.2 Å². The Bertz CT molecular complexity index is 1310. The van der Waals surface area contributed by atoms with Crippen LogP contribution < -0.4 is 9.47 Å². The van der Waals surface area contributed by atoms with Gasteiger partial charge >= 0.3 is 0 Å². The first-order chi connectivity index (χ1) is 16.1. The quantitative estimate of drug-likeness (QED) is 0.371. The summed E-state index contributed by atoms with van der Waals surface area (Å²) >= 11 is 0. The summed E-state index contributed by atoms with van der Waals surface area (Å²) in [5.74, 6) is 1.67. The average Bonchev–Trinajstić information content (AvgIpc) is 3.53. The van der Waals surface area contributed by atoms with Gasteiger partial charge in [0.25, 0.3) is 5.91 Å². The van der Waals surface area contributed by atoms with Crippen molar-refractivity contribution in [3.63, 3.8) is 0 Å². The molecule has 0 saturated heterocycles. The Morgan fingerprint density at radius 3 is 2.64 bits per heavy atom. The Morgan fingerprint density at radius 2 is 1.94 bits per heavy atom. The topological polar surface area (TPSA) is 64.8 Å². The zero-order valence-corrected chi connectivity index (χ0v) is 19.0. The van der Waals surface area contributed by atoms with Gasteiger partial charge in [-0.2, -0.15) is 0 Å². The molecule has 0 unspecified atom stereocenters. The number of para-hydroxylation sites is 1. The number of hydrogen-bond acceptors (Lipinski definition) is 5. The monoisotopic (exact) mass is 442 g/mol. The second-order valence-corrected chi connectivity index (χ2v) is 8.35. The van der Waals surface area contributed by atoms with E-state index in [1.807, 2.05) is 29.2 Å². The molecule has 1 amide bonds. The molecule has 168 valence electrons. The molecule has 0 radical (unpaired) electrons. The van der Waals surface area contributed by atoms with Crippen LogP contribution in [0.2, 0.25) is 0 Å². The largest absolute Gasteiger partial charge is 0.497 e. The first-order valence-electron chi connectivity index (χ1n) is 11.0. The van der Waals surface area contributed by atoms with Crippen molar-refractivity contribution < 1.29 is 18.7 Å². The molecule has 1 aliphatic carbocycles. The molecule has 2 aromatic heterocycles. The fraction of sp³-hybridized carbons (Fsp3) is 0.259. The lowest BCUT2D eigenvalue weighted by Gasteiger charge is -2.24. The second-order valence-electron chi connectivity index (χ2n) is 8.35. The van der Waals surface area contributed by atoms with Crippen LogP contribution in [0.5, 0.6) is 11.5 Å². The summed E-state index contributed by atoms with van der Waals surface area (Å²) in [4.78, 5) is 20.2. The van der Waals surface area contributed by atoms with Gasteiger partial charge in [-0.3, -0.25) is 4.79 Å². The maximum absolute atomic E-state index is 13.2. The Balaban J connectivity index is 1.67. The molecule has 4 aromatic rings. The number of aromatic nitrogens is 1. The van der Waals surface area contributed by atoms with Gasteiger partial charge in [-0.15, -0.1) is 0 Å².